The van der Waals surface area contributed by atoms with Crippen molar-refractivity contribution in [1.82, 2.24) is 0 Å². The summed E-state index contributed by atoms with van der Waals surface area (Å²) in [4.78, 5) is 0. The van der Waals surface area contributed by atoms with E-state index in [2.05, 4.69) is 32.6 Å². The van der Waals surface area contributed by atoms with Crippen molar-refractivity contribution in [3.05, 3.63) is 0 Å². The number of hydrogen-bond acceptors (Lipinski definition) is 2. The highest BCUT2D eigenvalue weighted by Crippen LogP contribution is 2.14. The van der Waals surface area contributed by atoms with Crippen LogP contribution in [0.2, 0.25) is 19.6 Å². The molecule has 0 radical (unpaired) electrons. The lowest BCUT2D eigenvalue weighted by Crippen LogP contribution is -2.31. The van der Waals surface area contributed by atoms with Crippen molar-refractivity contribution in [2.75, 3.05) is 0 Å². The molecule has 0 aliphatic carbocycles. The molecule has 1 atom stereocenters. The Bertz CT molecular complexity index is 205. The summed E-state index contributed by atoms with van der Waals surface area (Å²) in [5, 5.41) is 8.98. The lowest BCUT2D eigenvalue weighted by atomic mass is 10.1. The lowest BCUT2D eigenvalue weighted by Gasteiger charge is -2.21. The zero-order valence-electron chi connectivity index (χ0n) is 11.4. The Morgan fingerprint density at radius 1 is 1.06 bits per heavy atom. The quantitative estimate of drug-likeness (QED) is 0.440. The van der Waals surface area contributed by atoms with E-state index in [-0.39, 0.29) is 6.10 Å². The van der Waals surface area contributed by atoms with Crippen LogP contribution in [0.5, 0.6) is 0 Å². The van der Waals surface area contributed by atoms with E-state index >= 15 is 0 Å². The van der Waals surface area contributed by atoms with Gasteiger partial charge in [0.05, 0.1) is 6.07 Å². The van der Waals surface area contributed by atoms with Gasteiger partial charge in [0.1, 0.15) is 6.10 Å². The zero-order valence-corrected chi connectivity index (χ0v) is 12.4. The molecular weight excluding hydrogens is 214 g/mol. The van der Waals surface area contributed by atoms with Crippen LogP contribution in [-0.2, 0) is 4.43 Å². The first-order valence-corrected chi connectivity index (χ1v) is 9.98. The largest absolute Gasteiger partial charge is 0.402 e. The van der Waals surface area contributed by atoms with Gasteiger partial charge in [0.15, 0.2) is 8.32 Å². The molecule has 0 aliphatic heterocycles. The van der Waals surface area contributed by atoms with Gasteiger partial charge in [0, 0.05) is 0 Å². The van der Waals surface area contributed by atoms with Crippen LogP contribution in [0.25, 0.3) is 0 Å². The number of nitrogens with zero attached hydrogens (tertiary/aromatic N) is 1. The van der Waals surface area contributed by atoms with Crippen molar-refractivity contribution in [3.63, 3.8) is 0 Å². The van der Waals surface area contributed by atoms with Gasteiger partial charge < -0.3 is 4.43 Å². The van der Waals surface area contributed by atoms with E-state index in [1.165, 1.54) is 32.1 Å². The second-order valence-corrected chi connectivity index (χ2v) is 9.86. The van der Waals surface area contributed by atoms with Gasteiger partial charge in [0.25, 0.3) is 0 Å². The van der Waals surface area contributed by atoms with Gasteiger partial charge in [-0.25, -0.2) is 0 Å². The molecule has 0 fully saturated rings. The monoisotopic (exact) mass is 241 g/mol. The molecule has 0 spiro atoms. The third kappa shape index (κ3) is 10.2. The molecule has 0 aromatic carbocycles. The predicted molar refractivity (Wildman–Crippen MR) is 71.8 cm³/mol. The maximum Gasteiger partial charge on any atom is 0.185 e. The predicted octanol–water partition coefficient (Wildman–Crippen LogP) is 4.48. The van der Waals surface area contributed by atoms with E-state index in [4.69, 9.17) is 9.69 Å². The maximum absolute atomic E-state index is 8.98. The topological polar surface area (TPSA) is 33.0 Å². The van der Waals surface area contributed by atoms with E-state index in [0.29, 0.717) is 0 Å². The van der Waals surface area contributed by atoms with Crippen molar-refractivity contribution in [2.24, 2.45) is 0 Å². The molecular formula is C13H27NOSi. The normalized spacial score (nSPS) is 13.4. The molecule has 0 N–H and O–H groups in total. The summed E-state index contributed by atoms with van der Waals surface area (Å²) >= 11 is 0. The van der Waals surface area contributed by atoms with E-state index in [0.717, 1.165) is 12.8 Å². The average Bonchev–Trinajstić information content (AvgIpc) is 2.19. The molecule has 3 heteroatoms. The molecule has 0 bridgehead atoms. The first-order valence-electron chi connectivity index (χ1n) is 6.57. The molecule has 94 valence electrons. The zero-order chi connectivity index (χ0) is 12.4. The van der Waals surface area contributed by atoms with Crippen molar-refractivity contribution >= 4 is 8.32 Å². The Labute approximate surface area is 102 Å². The van der Waals surface area contributed by atoms with E-state index in [1.54, 1.807) is 0 Å². The van der Waals surface area contributed by atoms with Crippen LogP contribution in [0.3, 0.4) is 0 Å². The fourth-order valence-electron chi connectivity index (χ4n) is 1.69. The summed E-state index contributed by atoms with van der Waals surface area (Å²) in [7, 11) is -1.54. The first kappa shape index (κ1) is 15.7. The number of rotatable bonds is 9. The smallest absolute Gasteiger partial charge is 0.185 e. The molecule has 0 heterocycles. The summed E-state index contributed by atoms with van der Waals surface area (Å²) in [5.74, 6) is 0. The first-order chi connectivity index (χ1) is 7.49. The minimum atomic E-state index is -1.54. The third-order valence-corrected chi connectivity index (χ3v) is 3.45. The Hall–Kier alpha value is -0.333. The van der Waals surface area contributed by atoms with Gasteiger partial charge in [-0.05, 0) is 32.5 Å². The van der Waals surface area contributed by atoms with Gasteiger partial charge in [-0.3, -0.25) is 0 Å². The molecule has 0 aliphatic rings. The van der Waals surface area contributed by atoms with Crippen LogP contribution in [0.1, 0.15) is 51.9 Å². The van der Waals surface area contributed by atoms with E-state index < -0.39 is 8.32 Å². The number of unbranched alkanes of at least 4 members (excludes halogenated alkanes) is 5. The fraction of sp³-hybridized carbons (Fsp3) is 0.923. The molecule has 0 rings (SSSR count). The Morgan fingerprint density at radius 3 is 2.12 bits per heavy atom. The standard InChI is InChI=1S/C13H27NOSi/c1-5-6-7-8-9-10-11-13(12-14)15-16(2,3)4/h13H,5-11H2,1-4H3/t13-/m0/s1. The molecule has 2 nitrogen and oxygen atoms in total. The molecule has 0 aromatic heterocycles. The second-order valence-electron chi connectivity index (χ2n) is 5.40. The van der Waals surface area contributed by atoms with Crippen molar-refractivity contribution in [1.29, 1.82) is 5.26 Å². The molecule has 0 amide bonds. The van der Waals surface area contributed by atoms with E-state index in [9.17, 15) is 0 Å². The van der Waals surface area contributed by atoms with Crippen LogP contribution in [-0.4, -0.2) is 14.4 Å². The lowest BCUT2D eigenvalue weighted by molar-refractivity contribution is 0.233. The summed E-state index contributed by atoms with van der Waals surface area (Å²) in [6, 6.07) is 2.27. The molecule has 0 saturated carbocycles. The van der Waals surface area contributed by atoms with Crippen LogP contribution in [0, 0.1) is 11.3 Å². The molecule has 16 heavy (non-hydrogen) atoms. The van der Waals surface area contributed by atoms with Crippen LogP contribution >= 0.6 is 0 Å². The van der Waals surface area contributed by atoms with E-state index in [1.807, 2.05) is 0 Å². The van der Waals surface area contributed by atoms with Gasteiger partial charge in [-0.15, -0.1) is 0 Å². The van der Waals surface area contributed by atoms with Crippen LogP contribution < -0.4 is 0 Å². The third-order valence-electron chi connectivity index (χ3n) is 2.46. The minimum Gasteiger partial charge on any atom is -0.402 e. The Balaban J connectivity index is 3.54. The van der Waals surface area contributed by atoms with Gasteiger partial charge in [0.2, 0.25) is 0 Å². The molecule has 0 saturated heterocycles. The number of nitriles is 1. The Morgan fingerprint density at radius 2 is 1.62 bits per heavy atom. The average molecular weight is 241 g/mol. The highest BCUT2D eigenvalue weighted by Gasteiger charge is 2.20. The van der Waals surface area contributed by atoms with Crippen molar-refractivity contribution in [3.8, 4) is 6.07 Å². The summed E-state index contributed by atoms with van der Waals surface area (Å²) in [5.41, 5.74) is 0. The maximum atomic E-state index is 8.98. The summed E-state index contributed by atoms with van der Waals surface area (Å²) in [6.45, 7) is 8.64. The molecule has 0 unspecified atom stereocenters. The second kappa shape index (κ2) is 8.78. The SMILES string of the molecule is CCCCCCCC[C@@H](C#N)O[Si](C)(C)C. The van der Waals surface area contributed by atoms with Gasteiger partial charge in [-0.2, -0.15) is 5.26 Å². The van der Waals surface area contributed by atoms with Crippen LogP contribution in [0.4, 0.5) is 0 Å². The number of hydrogen-bond donors (Lipinski definition) is 0. The van der Waals surface area contributed by atoms with Crippen molar-refractivity contribution < 1.29 is 4.43 Å². The summed E-state index contributed by atoms with van der Waals surface area (Å²) < 4.78 is 5.79. The highest BCUT2D eigenvalue weighted by atomic mass is 28.4. The minimum absolute atomic E-state index is 0.169. The highest BCUT2D eigenvalue weighted by molar-refractivity contribution is 6.69. The fourth-order valence-corrected chi connectivity index (χ4v) is 2.71. The Kier molecular flexibility index (Phi) is 8.59. The van der Waals surface area contributed by atoms with Gasteiger partial charge in [-0.1, -0.05) is 39.0 Å². The van der Waals surface area contributed by atoms with Crippen molar-refractivity contribution in [2.45, 2.75) is 77.6 Å². The summed E-state index contributed by atoms with van der Waals surface area (Å²) in [6.07, 6.45) is 8.39. The van der Waals surface area contributed by atoms with Gasteiger partial charge >= 0.3 is 0 Å². The van der Waals surface area contributed by atoms with Crippen LogP contribution in [0.15, 0.2) is 0 Å². The molecule has 0 aromatic rings.